The highest BCUT2D eigenvalue weighted by Gasteiger charge is 2.27. The summed E-state index contributed by atoms with van der Waals surface area (Å²) in [6.07, 6.45) is 2.82. The van der Waals surface area contributed by atoms with E-state index in [2.05, 4.69) is 103 Å². The molecule has 5 aromatic rings. The van der Waals surface area contributed by atoms with Gasteiger partial charge in [0.25, 0.3) is 0 Å². The molecule has 0 unspecified atom stereocenters. The molecule has 0 aliphatic heterocycles. The lowest BCUT2D eigenvalue weighted by Crippen LogP contribution is -2.19. The Kier molecular flexibility index (Phi) is 10.4. The van der Waals surface area contributed by atoms with Gasteiger partial charge in [-0.25, -0.2) is 4.98 Å². The Morgan fingerprint density at radius 3 is 2.17 bits per heavy atom. The molecular weight excluding hydrogens is 624 g/mol. The number of imidazole rings is 1. The molecule has 3 aromatic carbocycles. The predicted molar refractivity (Wildman–Crippen MR) is 189 cm³/mol. The number of hydrogen-bond donors (Lipinski definition) is 2. The molecule has 2 N–H and O–H groups in total. The van der Waals surface area contributed by atoms with E-state index < -0.39 is 0 Å². The van der Waals surface area contributed by atoms with Crippen LogP contribution >= 0.6 is 11.6 Å². The number of nitrogens with one attached hydrogen (secondary N) is 1. The number of nitrogens with zero attached hydrogens (tertiary/aromatic N) is 5. The number of unbranched alkanes of at least 4 members (excludes halogenated alkanes) is 1. The second-order valence-electron chi connectivity index (χ2n) is 14.3. The van der Waals surface area contributed by atoms with Crippen molar-refractivity contribution >= 4 is 17.6 Å². The van der Waals surface area contributed by atoms with E-state index in [1.165, 1.54) is 0 Å². The maximum atomic E-state index is 13.3. The number of benzene rings is 3. The maximum absolute atomic E-state index is 13.3. The summed E-state index contributed by atoms with van der Waals surface area (Å²) in [5.74, 6) is 1.32. The minimum absolute atomic E-state index is 0.00326. The summed E-state index contributed by atoms with van der Waals surface area (Å²) in [6.45, 7) is 15.0. The Bertz CT molecular complexity index is 1830. The Hall–Kier alpha value is -4.50. The highest BCUT2D eigenvalue weighted by atomic mass is 35.5. The molecule has 0 radical (unpaired) electrons. The number of hydrogen-bond acceptors (Lipinski definition) is 7. The minimum Gasteiger partial charge on any atom is -0.507 e. The number of aromatic amines is 1. The van der Waals surface area contributed by atoms with Crippen molar-refractivity contribution in [3.8, 4) is 28.3 Å². The Morgan fingerprint density at radius 2 is 1.58 bits per heavy atom. The van der Waals surface area contributed by atoms with Gasteiger partial charge in [-0.2, -0.15) is 5.21 Å². The molecule has 10 heteroatoms. The zero-order valence-electron chi connectivity index (χ0n) is 28.9. The SMILES string of the molecule is CCCCc1nc(Cl)c(COC(=O)Cc2cc(C(C)(C)C)c(O)c(C(C)(C)C)c2)n1Cc1ccc(-c2ccccc2-c2nn[nH]n2)cc1. The summed E-state index contributed by atoms with van der Waals surface area (Å²) >= 11 is 6.70. The molecule has 0 atom stereocenters. The molecule has 2 heterocycles. The van der Waals surface area contributed by atoms with Crippen LogP contribution in [0.3, 0.4) is 0 Å². The fourth-order valence-corrected chi connectivity index (χ4v) is 6.09. The van der Waals surface area contributed by atoms with Crippen LogP contribution in [0, 0.1) is 0 Å². The molecule has 0 bridgehead atoms. The lowest BCUT2D eigenvalue weighted by Gasteiger charge is -2.28. The number of phenolic OH excluding ortho intramolecular Hbond substituents is 1. The van der Waals surface area contributed by atoms with Gasteiger partial charge in [0.2, 0.25) is 5.82 Å². The summed E-state index contributed by atoms with van der Waals surface area (Å²) in [7, 11) is 0. The van der Waals surface area contributed by atoms with Gasteiger partial charge in [-0.05, 0) is 55.8 Å². The first-order valence-corrected chi connectivity index (χ1v) is 16.8. The molecule has 5 rings (SSSR count). The van der Waals surface area contributed by atoms with E-state index in [4.69, 9.17) is 16.3 Å². The zero-order chi connectivity index (χ0) is 34.6. The van der Waals surface area contributed by atoms with E-state index in [-0.39, 0.29) is 35.6 Å². The van der Waals surface area contributed by atoms with Gasteiger partial charge in [0, 0.05) is 18.5 Å². The molecule has 9 nitrogen and oxygen atoms in total. The van der Waals surface area contributed by atoms with Crippen LogP contribution in [0.5, 0.6) is 5.75 Å². The van der Waals surface area contributed by atoms with E-state index in [1.807, 2.05) is 36.4 Å². The number of halogens is 1. The fraction of sp³-hybridized carbons (Fsp3) is 0.395. The van der Waals surface area contributed by atoms with Crippen molar-refractivity contribution in [1.82, 2.24) is 30.2 Å². The highest BCUT2D eigenvalue weighted by molar-refractivity contribution is 6.30. The average molecular weight is 669 g/mol. The molecule has 0 aliphatic rings. The first-order valence-electron chi connectivity index (χ1n) is 16.4. The molecule has 48 heavy (non-hydrogen) atoms. The van der Waals surface area contributed by atoms with E-state index in [0.717, 1.165) is 64.0 Å². The van der Waals surface area contributed by atoms with E-state index in [9.17, 15) is 9.90 Å². The Labute approximate surface area is 287 Å². The van der Waals surface area contributed by atoms with Crippen molar-refractivity contribution < 1.29 is 14.6 Å². The number of esters is 1. The van der Waals surface area contributed by atoms with Crippen LogP contribution in [0.15, 0.2) is 60.7 Å². The number of ether oxygens (including phenoxy) is 1. The van der Waals surface area contributed by atoms with Crippen molar-refractivity contribution in [3.05, 3.63) is 99.6 Å². The largest absolute Gasteiger partial charge is 0.507 e. The lowest BCUT2D eigenvalue weighted by molar-refractivity contribution is -0.144. The fourth-order valence-electron chi connectivity index (χ4n) is 5.84. The van der Waals surface area contributed by atoms with Crippen molar-refractivity contribution in [2.45, 2.75) is 98.1 Å². The van der Waals surface area contributed by atoms with Gasteiger partial charge in [0.05, 0.1) is 12.1 Å². The van der Waals surface area contributed by atoms with Gasteiger partial charge in [-0.3, -0.25) is 4.79 Å². The van der Waals surface area contributed by atoms with Crippen LogP contribution in [-0.4, -0.2) is 41.3 Å². The summed E-state index contributed by atoms with van der Waals surface area (Å²) in [4.78, 5) is 18.0. The van der Waals surface area contributed by atoms with Gasteiger partial charge in [0.1, 0.15) is 18.2 Å². The van der Waals surface area contributed by atoms with Crippen LogP contribution in [0.4, 0.5) is 0 Å². The molecule has 0 amide bonds. The second-order valence-corrected chi connectivity index (χ2v) is 14.7. The Morgan fingerprint density at radius 1 is 0.938 bits per heavy atom. The van der Waals surface area contributed by atoms with Crippen LogP contribution in [0.1, 0.15) is 95.1 Å². The molecule has 252 valence electrons. The summed E-state index contributed by atoms with van der Waals surface area (Å²) in [5.41, 5.74) is 6.48. The first kappa shape index (κ1) is 34.8. The Balaban J connectivity index is 1.36. The number of rotatable bonds is 11. The number of carbonyl (C=O) groups excluding carboxylic acids is 1. The number of phenols is 1. The molecule has 2 aromatic heterocycles. The molecule has 0 fully saturated rings. The van der Waals surface area contributed by atoms with Crippen molar-refractivity contribution in [1.29, 1.82) is 0 Å². The van der Waals surface area contributed by atoms with Crippen LogP contribution in [-0.2, 0) is 46.4 Å². The second kappa shape index (κ2) is 14.3. The van der Waals surface area contributed by atoms with Crippen molar-refractivity contribution in [3.63, 3.8) is 0 Å². The van der Waals surface area contributed by atoms with Gasteiger partial charge >= 0.3 is 5.97 Å². The van der Waals surface area contributed by atoms with Crippen LogP contribution in [0.25, 0.3) is 22.5 Å². The van der Waals surface area contributed by atoms with E-state index in [1.54, 1.807) is 0 Å². The third kappa shape index (κ3) is 7.96. The summed E-state index contributed by atoms with van der Waals surface area (Å²) in [6, 6.07) is 20.1. The van der Waals surface area contributed by atoms with Gasteiger partial charge in [-0.15, -0.1) is 10.2 Å². The van der Waals surface area contributed by atoms with Crippen molar-refractivity contribution in [2.75, 3.05) is 0 Å². The molecule has 0 saturated carbocycles. The zero-order valence-corrected chi connectivity index (χ0v) is 29.6. The first-order chi connectivity index (χ1) is 22.8. The number of aromatic nitrogens is 6. The van der Waals surface area contributed by atoms with Crippen LogP contribution < -0.4 is 0 Å². The highest BCUT2D eigenvalue weighted by Crippen LogP contribution is 2.40. The van der Waals surface area contributed by atoms with Gasteiger partial charge < -0.3 is 14.4 Å². The summed E-state index contributed by atoms with van der Waals surface area (Å²) in [5, 5.41) is 26.0. The number of aryl methyl sites for hydroxylation is 1. The molecule has 0 aliphatic carbocycles. The topological polar surface area (TPSA) is 119 Å². The quantitative estimate of drug-likeness (QED) is 0.136. The van der Waals surface area contributed by atoms with E-state index in [0.29, 0.717) is 23.2 Å². The molecule has 0 saturated heterocycles. The normalized spacial score (nSPS) is 12.0. The predicted octanol–water partition coefficient (Wildman–Crippen LogP) is 8.36. The third-order valence-electron chi connectivity index (χ3n) is 8.48. The smallest absolute Gasteiger partial charge is 0.310 e. The molecular formula is C38H45ClN6O3. The van der Waals surface area contributed by atoms with E-state index >= 15 is 0 Å². The summed E-state index contributed by atoms with van der Waals surface area (Å²) < 4.78 is 7.92. The standard InChI is InChI=1S/C38H45ClN6O3/c1-8-9-14-32-40-35(39)31(23-48-33(46)21-25-19-29(37(2,3)4)34(47)30(20-25)38(5,6)7)45(32)22-24-15-17-26(18-16-24)27-12-10-11-13-28(27)36-41-43-44-42-36/h10-13,15-20,47H,8-9,14,21-23H2,1-7H3,(H,41,42,43,44). The number of H-pyrrole nitrogens is 1. The monoisotopic (exact) mass is 668 g/mol. The van der Waals surface area contributed by atoms with Crippen LogP contribution in [0.2, 0.25) is 5.15 Å². The average Bonchev–Trinajstić information content (AvgIpc) is 3.67. The molecule has 0 spiro atoms. The van der Waals surface area contributed by atoms with Gasteiger partial charge in [0.15, 0.2) is 5.15 Å². The number of tetrazole rings is 1. The number of carbonyl (C=O) groups is 1. The third-order valence-corrected chi connectivity index (χ3v) is 8.78. The number of aromatic hydroxyl groups is 1. The minimum atomic E-state index is -0.371. The lowest BCUT2D eigenvalue weighted by atomic mass is 9.78. The van der Waals surface area contributed by atoms with Crippen molar-refractivity contribution in [2.24, 2.45) is 0 Å². The maximum Gasteiger partial charge on any atom is 0.310 e. The van der Waals surface area contributed by atoms with Gasteiger partial charge in [-0.1, -0.05) is 127 Å².